The van der Waals surface area contributed by atoms with Gasteiger partial charge in [0, 0.05) is 37.7 Å². The normalized spacial score (nSPS) is 17.5. The van der Waals surface area contributed by atoms with E-state index in [4.69, 9.17) is 25.2 Å². The van der Waals surface area contributed by atoms with Crippen LogP contribution in [0, 0.1) is 5.82 Å². The van der Waals surface area contributed by atoms with Crippen LogP contribution in [0.15, 0.2) is 55.0 Å². The number of halogens is 1. The standard InChI is InChI=1S/C25H23FN6O2/c26-18-4-1-16(2-5-18)19-13-20(31-24-22(19)23(27)29-15-30-24)17-3-6-21(28-14-17)32-9-7-25(8-10-32)33-11-12-34-25/h1-6,13-15H,7-12H2,(H2,27,29,30,31). The summed E-state index contributed by atoms with van der Waals surface area (Å²) in [5, 5.41) is 0.640. The summed E-state index contributed by atoms with van der Waals surface area (Å²) in [5.74, 6) is 0.519. The van der Waals surface area contributed by atoms with E-state index in [-0.39, 0.29) is 5.82 Å². The predicted octanol–water partition coefficient (Wildman–Crippen LogP) is 3.82. The van der Waals surface area contributed by atoms with Gasteiger partial charge < -0.3 is 20.1 Å². The lowest BCUT2D eigenvalue weighted by molar-refractivity contribution is -0.169. The van der Waals surface area contributed by atoms with Crippen LogP contribution in [0.4, 0.5) is 16.0 Å². The van der Waals surface area contributed by atoms with Crippen molar-refractivity contribution >= 4 is 22.7 Å². The molecule has 34 heavy (non-hydrogen) atoms. The summed E-state index contributed by atoms with van der Waals surface area (Å²) >= 11 is 0. The number of hydrogen-bond donors (Lipinski definition) is 1. The minimum absolute atomic E-state index is 0.305. The highest BCUT2D eigenvalue weighted by Crippen LogP contribution is 2.35. The molecule has 172 valence electrons. The van der Waals surface area contributed by atoms with Crippen molar-refractivity contribution in [2.45, 2.75) is 18.6 Å². The van der Waals surface area contributed by atoms with Gasteiger partial charge in [-0.05, 0) is 41.5 Å². The van der Waals surface area contributed by atoms with E-state index >= 15 is 0 Å². The topological polar surface area (TPSA) is 99.3 Å². The molecule has 2 aliphatic rings. The van der Waals surface area contributed by atoms with Crippen molar-refractivity contribution in [3.63, 3.8) is 0 Å². The molecule has 2 fully saturated rings. The molecule has 0 atom stereocenters. The third-order valence-electron chi connectivity index (χ3n) is 6.49. The molecule has 1 aromatic carbocycles. The summed E-state index contributed by atoms with van der Waals surface area (Å²) in [6.07, 6.45) is 4.86. The first-order chi connectivity index (χ1) is 16.6. The molecule has 0 bridgehead atoms. The lowest BCUT2D eigenvalue weighted by Gasteiger charge is -2.38. The van der Waals surface area contributed by atoms with Gasteiger partial charge in [0.1, 0.15) is 23.8 Å². The molecule has 2 saturated heterocycles. The summed E-state index contributed by atoms with van der Waals surface area (Å²) in [7, 11) is 0. The summed E-state index contributed by atoms with van der Waals surface area (Å²) in [4.78, 5) is 20.1. The molecule has 0 unspecified atom stereocenters. The highest BCUT2D eigenvalue weighted by atomic mass is 19.1. The molecular weight excluding hydrogens is 435 g/mol. The molecule has 0 amide bonds. The summed E-state index contributed by atoms with van der Waals surface area (Å²) in [5.41, 5.74) is 9.79. The molecule has 2 aliphatic heterocycles. The molecule has 3 aromatic heterocycles. The third-order valence-corrected chi connectivity index (χ3v) is 6.49. The fourth-order valence-corrected chi connectivity index (χ4v) is 4.68. The number of anilines is 2. The highest BCUT2D eigenvalue weighted by Gasteiger charge is 2.40. The van der Waals surface area contributed by atoms with Crippen molar-refractivity contribution in [3.05, 3.63) is 60.8 Å². The van der Waals surface area contributed by atoms with Gasteiger partial charge in [-0.2, -0.15) is 0 Å². The Bertz CT molecular complexity index is 1330. The molecule has 0 saturated carbocycles. The zero-order valence-corrected chi connectivity index (χ0v) is 18.4. The quantitative estimate of drug-likeness (QED) is 0.495. The first kappa shape index (κ1) is 20.9. The van der Waals surface area contributed by atoms with Crippen LogP contribution in [0.5, 0.6) is 0 Å². The lowest BCUT2D eigenvalue weighted by Crippen LogP contribution is -2.45. The number of ether oxygens (including phenoxy) is 2. The van der Waals surface area contributed by atoms with Crippen LogP contribution in [-0.2, 0) is 9.47 Å². The van der Waals surface area contributed by atoms with Gasteiger partial charge >= 0.3 is 0 Å². The van der Waals surface area contributed by atoms with Crippen LogP contribution in [-0.4, -0.2) is 52.0 Å². The number of fused-ring (bicyclic) bond motifs is 1. The molecular formula is C25H23FN6O2. The highest BCUT2D eigenvalue weighted by molar-refractivity contribution is 6.00. The molecule has 8 nitrogen and oxygen atoms in total. The third kappa shape index (κ3) is 3.72. The molecule has 9 heteroatoms. The van der Waals surface area contributed by atoms with Gasteiger partial charge in [0.05, 0.1) is 24.3 Å². The van der Waals surface area contributed by atoms with Crippen molar-refractivity contribution in [1.29, 1.82) is 0 Å². The summed E-state index contributed by atoms with van der Waals surface area (Å²) in [6, 6.07) is 12.2. The molecule has 0 radical (unpaired) electrons. The molecule has 6 rings (SSSR count). The van der Waals surface area contributed by atoms with Crippen LogP contribution in [0.3, 0.4) is 0 Å². The fraction of sp³-hybridized carbons (Fsp3) is 0.280. The van der Waals surface area contributed by atoms with Gasteiger partial charge in [0.15, 0.2) is 11.4 Å². The van der Waals surface area contributed by atoms with E-state index < -0.39 is 5.79 Å². The Morgan fingerprint density at radius 3 is 2.35 bits per heavy atom. The van der Waals surface area contributed by atoms with E-state index in [1.165, 1.54) is 18.5 Å². The second-order valence-corrected chi connectivity index (χ2v) is 8.52. The number of nitrogens with zero attached hydrogens (tertiary/aromatic N) is 5. The van der Waals surface area contributed by atoms with Gasteiger partial charge in [0.2, 0.25) is 0 Å². The number of nitrogens with two attached hydrogens (primary N) is 1. The Hall–Kier alpha value is -3.69. The zero-order chi connectivity index (χ0) is 23.1. The van der Waals surface area contributed by atoms with Crippen molar-refractivity contribution in [2.75, 3.05) is 36.9 Å². The van der Waals surface area contributed by atoms with Gasteiger partial charge in [0.25, 0.3) is 0 Å². The largest absolute Gasteiger partial charge is 0.383 e. The van der Waals surface area contributed by atoms with E-state index in [9.17, 15) is 4.39 Å². The van der Waals surface area contributed by atoms with Crippen molar-refractivity contribution in [2.24, 2.45) is 0 Å². The van der Waals surface area contributed by atoms with E-state index in [2.05, 4.69) is 14.9 Å². The number of hydrogen-bond acceptors (Lipinski definition) is 8. The molecule has 5 heterocycles. The number of nitrogen functional groups attached to an aromatic ring is 1. The Kier molecular flexibility index (Phi) is 5.08. The maximum Gasteiger partial charge on any atom is 0.171 e. The summed E-state index contributed by atoms with van der Waals surface area (Å²) in [6.45, 7) is 2.99. The second-order valence-electron chi connectivity index (χ2n) is 8.52. The van der Waals surface area contributed by atoms with E-state index in [1.54, 1.807) is 12.1 Å². The van der Waals surface area contributed by atoms with Crippen LogP contribution in [0.1, 0.15) is 12.8 Å². The van der Waals surface area contributed by atoms with E-state index in [1.807, 2.05) is 24.4 Å². The number of aromatic nitrogens is 4. The van der Waals surface area contributed by atoms with Crippen LogP contribution >= 0.6 is 0 Å². The number of benzene rings is 1. The van der Waals surface area contributed by atoms with Crippen LogP contribution in [0.2, 0.25) is 0 Å². The molecule has 4 aromatic rings. The minimum atomic E-state index is -0.411. The SMILES string of the molecule is Nc1ncnc2nc(-c3ccc(N4CCC5(CC4)OCCO5)nc3)cc(-c3ccc(F)cc3)c12. The monoisotopic (exact) mass is 458 g/mol. The summed E-state index contributed by atoms with van der Waals surface area (Å²) < 4.78 is 25.2. The Morgan fingerprint density at radius 1 is 0.912 bits per heavy atom. The average Bonchev–Trinajstić information content (AvgIpc) is 3.32. The van der Waals surface area contributed by atoms with Gasteiger partial charge in [-0.15, -0.1) is 0 Å². The van der Waals surface area contributed by atoms with E-state index in [0.29, 0.717) is 35.8 Å². The first-order valence-corrected chi connectivity index (χ1v) is 11.3. The van der Waals surface area contributed by atoms with Crippen molar-refractivity contribution in [1.82, 2.24) is 19.9 Å². The molecule has 0 aliphatic carbocycles. The number of rotatable bonds is 3. The predicted molar refractivity (Wildman–Crippen MR) is 126 cm³/mol. The first-order valence-electron chi connectivity index (χ1n) is 11.3. The molecule has 1 spiro atoms. The van der Waals surface area contributed by atoms with Gasteiger partial charge in [-0.25, -0.2) is 24.3 Å². The molecule has 2 N–H and O–H groups in total. The van der Waals surface area contributed by atoms with E-state index in [0.717, 1.165) is 48.4 Å². The van der Waals surface area contributed by atoms with Crippen molar-refractivity contribution in [3.8, 4) is 22.4 Å². The average molecular weight is 458 g/mol. The lowest BCUT2D eigenvalue weighted by atomic mass is 10.00. The van der Waals surface area contributed by atoms with Crippen LogP contribution in [0.25, 0.3) is 33.4 Å². The maximum absolute atomic E-state index is 13.5. The maximum atomic E-state index is 13.5. The van der Waals surface area contributed by atoms with Crippen molar-refractivity contribution < 1.29 is 13.9 Å². The van der Waals surface area contributed by atoms with Gasteiger partial charge in [-0.3, -0.25) is 0 Å². The van der Waals surface area contributed by atoms with Gasteiger partial charge in [-0.1, -0.05) is 12.1 Å². The zero-order valence-electron chi connectivity index (χ0n) is 18.4. The fourth-order valence-electron chi connectivity index (χ4n) is 4.68. The van der Waals surface area contributed by atoms with Crippen LogP contribution < -0.4 is 10.6 Å². The number of piperidine rings is 1. The smallest absolute Gasteiger partial charge is 0.171 e. The minimum Gasteiger partial charge on any atom is -0.383 e. The second kappa shape index (κ2) is 8.27. The number of pyridine rings is 2. The Labute approximate surface area is 195 Å². The Balaban J connectivity index is 1.33. The Morgan fingerprint density at radius 2 is 1.65 bits per heavy atom.